The van der Waals surface area contributed by atoms with Gasteiger partial charge in [0.1, 0.15) is 11.4 Å². The Hall–Kier alpha value is -2.60. The minimum absolute atomic E-state index is 0.0647. The highest BCUT2D eigenvalue weighted by Crippen LogP contribution is 2.37. The van der Waals surface area contributed by atoms with Crippen molar-refractivity contribution in [2.24, 2.45) is 0 Å². The van der Waals surface area contributed by atoms with Gasteiger partial charge in [-0.3, -0.25) is 9.59 Å². The molecule has 2 N–H and O–H groups in total. The topological polar surface area (TPSA) is 62.0 Å². The predicted molar refractivity (Wildman–Crippen MR) is 96.5 cm³/mol. The zero-order valence-corrected chi connectivity index (χ0v) is 14.0. The van der Waals surface area contributed by atoms with Gasteiger partial charge in [0.25, 0.3) is 5.91 Å². The van der Waals surface area contributed by atoms with E-state index >= 15 is 0 Å². The van der Waals surface area contributed by atoms with Gasteiger partial charge in [-0.1, -0.05) is 24.3 Å². The third kappa shape index (κ3) is 2.82. The second-order valence-electron chi connectivity index (χ2n) is 5.90. The molecule has 2 aromatic carbocycles. The van der Waals surface area contributed by atoms with Crippen molar-refractivity contribution in [3.05, 3.63) is 75.8 Å². The number of halogens is 1. The number of thioether (sulfide) groups is 1. The molecule has 1 amide bonds. The summed E-state index contributed by atoms with van der Waals surface area (Å²) in [6.45, 7) is 0. The van der Waals surface area contributed by atoms with Crippen molar-refractivity contribution in [2.75, 3.05) is 5.75 Å². The van der Waals surface area contributed by atoms with E-state index in [1.165, 1.54) is 24.0 Å². The molecule has 1 atom stereocenters. The van der Waals surface area contributed by atoms with E-state index in [4.69, 9.17) is 0 Å². The third-order valence-corrected chi connectivity index (χ3v) is 5.52. The fraction of sp³-hybridized carbons (Fsp3) is 0.158. The quantitative estimate of drug-likeness (QED) is 0.739. The van der Waals surface area contributed by atoms with E-state index in [1.807, 2.05) is 12.1 Å². The van der Waals surface area contributed by atoms with Crippen LogP contribution in [0.5, 0.6) is 0 Å². The van der Waals surface area contributed by atoms with Gasteiger partial charge in [-0.05, 0) is 30.2 Å². The number of aromatic amines is 1. The fourth-order valence-electron chi connectivity index (χ4n) is 3.11. The summed E-state index contributed by atoms with van der Waals surface area (Å²) in [7, 11) is 0. The van der Waals surface area contributed by atoms with Crippen LogP contribution < -0.4 is 10.7 Å². The largest absolute Gasteiger partial charge is 0.360 e. The first-order chi connectivity index (χ1) is 12.1. The van der Waals surface area contributed by atoms with Crippen LogP contribution in [0.15, 0.2) is 58.4 Å². The summed E-state index contributed by atoms with van der Waals surface area (Å²) < 4.78 is 14.0. The summed E-state index contributed by atoms with van der Waals surface area (Å²) in [6, 6.07) is 11.6. The van der Waals surface area contributed by atoms with Crippen molar-refractivity contribution in [1.82, 2.24) is 10.3 Å². The first-order valence-electron chi connectivity index (χ1n) is 7.97. The van der Waals surface area contributed by atoms with Crippen molar-refractivity contribution < 1.29 is 9.18 Å². The van der Waals surface area contributed by atoms with Crippen LogP contribution >= 0.6 is 11.8 Å². The molecule has 0 spiro atoms. The van der Waals surface area contributed by atoms with E-state index in [1.54, 1.807) is 24.3 Å². The lowest BCUT2D eigenvalue weighted by Crippen LogP contribution is -2.34. The highest BCUT2D eigenvalue weighted by atomic mass is 32.2. The molecule has 0 bridgehead atoms. The predicted octanol–water partition coefficient (Wildman–Crippen LogP) is 3.63. The maximum absolute atomic E-state index is 14.0. The molecule has 25 heavy (non-hydrogen) atoms. The first kappa shape index (κ1) is 15.9. The van der Waals surface area contributed by atoms with Crippen LogP contribution in [0.25, 0.3) is 10.9 Å². The van der Waals surface area contributed by atoms with E-state index in [9.17, 15) is 14.0 Å². The summed E-state index contributed by atoms with van der Waals surface area (Å²) in [5, 5.41) is 3.36. The van der Waals surface area contributed by atoms with E-state index in [0.717, 1.165) is 5.56 Å². The number of pyridine rings is 1. The summed E-state index contributed by atoms with van der Waals surface area (Å²) in [6.07, 6.45) is 2.13. The highest BCUT2D eigenvalue weighted by Gasteiger charge is 2.25. The Morgan fingerprint density at radius 3 is 2.92 bits per heavy atom. The average Bonchev–Trinajstić information content (AvgIpc) is 2.63. The average molecular weight is 354 g/mol. The summed E-state index contributed by atoms with van der Waals surface area (Å²) in [5.74, 6) is -0.00318. The molecule has 1 aliphatic rings. The number of amides is 1. The van der Waals surface area contributed by atoms with Crippen molar-refractivity contribution in [1.29, 1.82) is 0 Å². The van der Waals surface area contributed by atoms with Gasteiger partial charge in [0.15, 0.2) is 0 Å². The maximum Gasteiger partial charge on any atom is 0.257 e. The molecule has 126 valence electrons. The number of carbonyl (C=O) groups is 1. The second-order valence-corrected chi connectivity index (χ2v) is 7.00. The van der Waals surface area contributed by atoms with E-state index in [2.05, 4.69) is 10.3 Å². The number of rotatable bonds is 2. The van der Waals surface area contributed by atoms with Crippen molar-refractivity contribution in [3.8, 4) is 0 Å². The number of hydrogen-bond donors (Lipinski definition) is 2. The first-order valence-corrected chi connectivity index (χ1v) is 8.96. The molecule has 3 aromatic rings. The zero-order chi connectivity index (χ0) is 17.4. The molecule has 0 fully saturated rings. The summed E-state index contributed by atoms with van der Waals surface area (Å²) >= 11 is 1.45. The number of carbonyl (C=O) groups excluding carboxylic acids is 1. The molecule has 6 heteroatoms. The zero-order valence-electron chi connectivity index (χ0n) is 13.2. The number of benzene rings is 2. The van der Waals surface area contributed by atoms with Crippen LogP contribution in [0.4, 0.5) is 4.39 Å². The number of para-hydroxylation sites is 1. The van der Waals surface area contributed by atoms with Gasteiger partial charge in [-0.25, -0.2) is 4.39 Å². The van der Waals surface area contributed by atoms with Gasteiger partial charge < -0.3 is 10.3 Å². The number of fused-ring (bicyclic) bond motifs is 2. The number of H-pyrrole nitrogens is 1. The molecule has 0 aliphatic carbocycles. The van der Waals surface area contributed by atoms with Gasteiger partial charge in [0, 0.05) is 27.7 Å². The number of nitrogens with one attached hydrogen (secondary N) is 2. The Kier molecular flexibility index (Phi) is 4.05. The molecular weight excluding hydrogens is 339 g/mol. The van der Waals surface area contributed by atoms with E-state index in [-0.39, 0.29) is 22.9 Å². The molecule has 0 saturated heterocycles. The minimum atomic E-state index is -0.445. The highest BCUT2D eigenvalue weighted by molar-refractivity contribution is 7.99. The van der Waals surface area contributed by atoms with Crippen LogP contribution in [0.2, 0.25) is 0 Å². The SMILES string of the molecule is O=C(N[C@@H]1CCSc2c(F)cccc21)c1c[nH]c2ccccc2c1=O. The molecule has 4 rings (SSSR count). The lowest BCUT2D eigenvalue weighted by Gasteiger charge is -2.26. The molecule has 0 saturated carbocycles. The molecule has 2 heterocycles. The van der Waals surface area contributed by atoms with Gasteiger partial charge in [0.2, 0.25) is 5.43 Å². The molecule has 4 nitrogen and oxygen atoms in total. The Labute approximate surface area is 147 Å². The normalized spacial score (nSPS) is 16.4. The minimum Gasteiger partial charge on any atom is -0.360 e. The van der Waals surface area contributed by atoms with Crippen LogP contribution in [0, 0.1) is 5.82 Å². The molecule has 1 aliphatic heterocycles. The van der Waals surface area contributed by atoms with Crippen LogP contribution in [0.1, 0.15) is 28.4 Å². The maximum atomic E-state index is 14.0. The van der Waals surface area contributed by atoms with Gasteiger partial charge >= 0.3 is 0 Å². The number of hydrogen-bond acceptors (Lipinski definition) is 3. The van der Waals surface area contributed by atoms with Crippen LogP contribution in [-0.2, 0) is 0 Å². The number of aromatic nitrogens is 1. The standard InChI is InChI=1S/C19H15FN2O2S/c20-14-6-3-5-12-16(8-9-25-18(12)14)22-19(24)13-10-21-15-7-2-1-4-11(15)17(13)23/h1-7,10,16H,8-9H2,(H,21,23)(H,22,24)/t16-/m1/s1. The Balaban J connectivity index is 1.67. The van der Waals surface area contributed by atoms with Crippen LogP contribution in [0.3, 0.4) is 0 Å². The van der Waals surface area contributed by atoms with E-state index in [0.29, 0.717) is 28.0 Å². The van der Waals surface area contributed by atoms with E-state index < -0.39 is 5.91 Å². The fourth-order valence-corrected chi connectivity index (χ4v) is 4.25. The molecule has 0 radical (unpaired) electrons. The third-order valence-electron chi connectivity index (χ3n) is 4.36. The van der Waals surface area contributed by atoms with Crippen molar-refractivity contribution in [3.63, 3.8) is 0 Å². The lowest BCUT2D eigenvalue weighted by molar-refractivity contribution is 0.0933. The van der Waals surface area contributed by atoms with Crippen LogP contribution in [-0.4, -0.2) is 16.6 Å². The van der Waals surface area contributed by atoms with Gasteiger partial charge in [-0.2, -0.15) is 0 Å². The van der Waals surface area contributed by atoms with Gasteiger partial charge in [-0.15, -0.1) is 11.8 Å². The summed E-state index contributed by atoms with van der Waals surface area (Å²) in [5.41, 5.74) is 1.21. The molecule has 1 aromatic heterocycles. The Bertz CT molecular complexity index is 1030. The molecular formula is C19H15FN2O2S. The second kappa shape index (κ2) is 6.37. The summed E-state index contributed by atoms with van der Waals surface area (Å²) in [4.78, 5) is 28.8. The monoisotopic (exact) mass is 354 g/mol. The molecule has 0 unspecified atom stereocenters. The lowest BCUT2D eigenvalue weighted by atomic mass is 10.0. The Morgan fingerprint density at radius 2 is 2.04 bits per heavy atom. The smallest absolute Gasteiger partial charge is 0.257 e. The van der Waals surface area contributed by atoms with Crippen molar-refractivity contribution in [2.45, 2.75) is 17.4 Å². The van der Waals surface area contributed by atoms with Crippen molar-refractivity contribution >= 4 is 28.6 Å². The van der Waals surface area contributed by atoms with Gasteiger partial charge in [0.05, 0.1) is 6.04 Å². The Morgan fingerprint density at radius 1 is 1.20 bits per heavy atom.